The van der Waals surface area contributed by atoms with Crippen LogP contribution in [0, 0.1) is 0 Å². The quantitative estimate of drug-likeness (QED) is 0.697. The lowest BCUT2D eigenvalue weighted by Crippen LogP contribution is -2.48. The van der Waals surface area contributed by atoms with E-state index in [1.807, 2.05) is 13.8 Å². The van der Waals surface area contributed by atoms with E-state index < -0.39 is 11.5 Å². The highest BCUT2D eigenvalue weighted by Gasteiger charge is 2.40. The van der Waals surface area contributed by atoms with Gasteiger partial charge in [0.1, 0.15) is 5.54 Å². The summed E-state index contributed by atoms with van der Waals surface area (Å²) < 4.78 is 5.38. The molecule has 1 saturated heterocycles. The number of carboxylic acids is 1. The van der Waals surface area contributed by atoms with Gasteiger partial charge in [0.15, 0.2) is 0 Å². The predicted molar refractivity (Wildman–Crippen MR) is 53.3 cm³/mol. The number of nitrogens with one attached hydrogen (secondary N) is 1. The lowest BCUT2D eigenvalue weighted by atomic mass is 9.94. The molecule has 1 atom stereocenters. The monoisotopic (exact) mass is 201 g/mol. The maximum atomic E-state index is 11.1. The smallest absolute Gasteiger partial charge is 0.323 e. The second-order valence-corrected chi connectivity index (χ2v) is 4.09. The van der Waals surface area contributed by atoms with Crippen molar-refractivity contribution in [2.24, 2.45) is 0 Å². The summed E-state index contributed by atoms with van der Waals surface area (Å²) in [5.74, 6) is -0.748. The summed E-state index contributed by atoms with van der Waals surface area (Å²) >= 11 is 0. The topological polar surface area (TPSA) is 58.6 Å². The average molecular weight is 201 g/mol. The fourth-order valence-electron chi connectivity index (χ4n) is 1.78. The van der Waals surface area contributed by atoms with Crippen LogP contribution in [0.1, 0.15) is 33.1 Å². The number of rotatable bonds is 5. The molecule has 2 N–H and O–H groups in total. The van der Waals surface area contributed by atoms with Crippen LogP contribution >= 0.6 is 0 Å². The standard InChI is InChI=1S/C10H19NO3/c1-8(2)14-7-5-10(9(12)13)4-3-6-11-10/h8,11H,3-7H2,1-2H3,(H,12,13). The van der Waals surface area contributed by atoms with E-state index in [0.717, 1.165) is 13.0 Å². The summed E-state index contributed by atoms with van der Waals surface area (Å²) in [6.07, 6.45) is 2.38. The molecular formula is C10H19NO3. The van der Waals surface area contributed by atoms with Crippen molar-refractivity contribution < 1.29 is 14.6 Å². The number of aliphatic carboxylic acids is 1. The second kappa shape index (κ2) is 4.75. The van der Waals surface area contributed by atoms with Gasteiger partial charge in [-0.3, -0.25) is 4.79 Å². The van der Waals surface area contributed by atoms with Crippen molar-refractivity contribution in [2.45, 2.75) is 44.8 Å². The zero-order valence-electron chi connectivity index (χ0n) is 8.88. The Morgan fingerprint density at radius 3 is 2.79 bits per heavy atom. The first-order valence-electron chi connectivity index (χ1n) is 5.17. The fourth-order valence-corrected chi connectivity index (χ4v) is 1.78. The van der Waals surface area contributed by atoms with Gasteiger partial charge in [-0.1, -0.05) is 0 Å². The van der Waals surface area contributed by atoms with Crippen LogP contribution in [-0.4, -0.2) is 35.9 Å². The van der Waals surface area contributed by atoms with E-state index in [2.05, 4.69) is 5.32 Å². The van der Waals surface area contributed by atoms with Crippen LogP contribution in [-0.2, 0) is 9.53 Å². The molecule has 82 valence electrons. The first-order valence-corrected chi connectivity index (χ1v) is 5.17. The first kappa shape index (κ1) is 11.5. The van der Waals surface area contributed by atoms with Gasteiger partial charge < -0.3 is 15.2 Å². The average Bonchev–Trinajstić information content (AvgIpc) is 2.53. The summed E-state index contributed by atoms with van der Waals surface area (Å²) in [4.78, 5) is 11.1. The number of carboxylic acid groups (broad SMARTS) is 1. The third-order valence-electron chi connectivity index (χ3n) is 2.63. The van der Waals surface area contributed by atoms with Crippen LogP contribution < -0.4 is 5.32 Å². The molecule has 0 saturated carbocycles. The summed E-state index contributed by atoms with van der Waals surface area (Å²) in [7, 11) is 0. The molecule has 0 aromatic carbocycles. The van der Waals surface area contributed by atoms with Crippen molar-refractivity contribution in [3.63, 3.8) is 0 Å². The molecule has 14 heavy (non-hydrogen) atoms. The summed E-state index contributed by atoms with van der Waals surface area (Å²) in [5, 5.41) is 12.2. The molecule has 4 heteroatoms. The van der Waals surface area contributed by atoms with Crippen LogP contribution in [0.5, 0.6) is 0 Å². The van der Waals surface area contributed by atoms with Gasteiger partial charge in [0.2, 0.25) is 0 Å². The van der Waals surface area contributed by atoms with E-state index in [-0.39, 0.29) is 6.10 Å². The maximum Gasteiger partial charge on any atom is 0.323 e. The summed E-state index contributed by atoms with van der Waals surface area (Å²) in [6, 6.07) is 0. The summed E-state index contributed by atoms with van der Waals surface area (Å²) in [6.45, 7) is 5.22. The lowest BCUT2D eigenvalue weighted by Gasteiger charge is -2.24. The van der Waals surface area contributed by atoms with Gasteiger partial charge in [0.05, 0.1) is 6.10 Å². The summed E-state index contributed by atoms with van der Waals surface area (Å²) in [5.41, 5.74) is -0.727. The third kappa shape index (κ3) is 2.69. The van der Waals surface area contributed by atoms with Crippen LogP contribution in [0.15, 0.2) is 0 Å². The van der Waals surface area contributed by atoms with Crippen molar-refractivity contribution in [2.75, 3.05) is 13.2 Å². The number of hydrogen-bond acceptors (Lipinski definition) is 3. The van der Waals surface area contributed by atoms with Crippen LogP contribution in [0.2, 0.25) is 0 Å². The molecule has 0 aromatic heterocycles. The minimum atomic E-state index is -0.748. The van der Waals surface area contributed by atoms with Crippen LogP contribution in [0.25, 0.3) is 0 Å². The number of hydrogen-bond donors (Lipinski definition) is 2. The Morgan fingerprint density at radius 2 is 2.36 bits per heavy atom. The zero-order valence-corrected chi connectivity index (χ0v) is 8.88. The van der Waals surface area contributed by atoms with E-state index in [4.69, 9.17) is 9.84 Å². The Bertz CT molecular complexity index is 198. The third-order valence-corrected chi connectivity index (χ3v) is 2.63. The fraction of sp³-hybridized carbons (Fsp3) is 0.900. The minimum absolute atomic E-state index is 0.169. The van der Waals surface area contributed by atoms with Gasteiger partial charge in [0.25, 0.3) is 0 Å². The van der Waals surface area contributed by atoms with Gasteiger partial charge in [-0.05, 0) is 39.7 Å². The molecular weight excluding hydrogens is 182 g/mol. The molecule has 1 fully saturated rings. The molecule has 1 aliphatic rings. The van der Waals surface area contributed by atoms with E-state index in [1.54, 1.807) is 0 Å². The number of carbonyl (C=O) groups is 1. The first-order chi connectivity index (χ1) is 6.57. The van der Waals surface area contributed by atoms with Gasteiger partial charge in [-0.25, -0.2) is 0 Å². The molecule has 1 unspecified atom stereocenters. The molecule has 0 aromatic rings. The predicted octanol–water partition coefficient (Wildman–Crippen LogP) is 1.01. The van der Waals surface area contributed by atoms with Crippen molar-refractivity contribution in [1.29, 1.82) is 0 Å². The SMILES string of the molecule is CC(C)OCCC1(C(=O)O)CCCN1. The van der Waals surface area contributed by atoms with E-state index in [0.29, 0.717) is 19.4 Å². The molecule has 4 nitrogen and oxygen atoms in total. The Hall–Kier alpha value is -0.610. The largest absolute Gasteiger partial charge is 0.480 e. The Labute approximate surface area is 84.6 Å². The molecule has 1 heterocycles. The molecule has 0 aliphatic carbocycles. The zero-order chi connectivity index (χ0) is 10.6. The highest BCUT2D eigenvalue weighted by atomic mass is 16.5. The normalized spacial score (nSPS) is 27.1. The Kier molecular flexibility index (Phi) is 3.89. The van der Waals surface area contributed by atoms with Crippen LogP contribution in [0.4, 0.5) is 0 Å². The number of ether oxygens (including phenoxy) is 1. The molecule has 1 rings (SSSR count). The minimum Gasteiger partial charge on any atom is -0.480 e. The Morgan fingerprint density at radius 1 is 1.64 bits per heavy atom. The maximum absolute atomic E-state index is 11.1. The molecule has 0 radical (unpaired) electrons. The van der Waals surface area contributed by atoms with Crippen molar-refractivity contribution in [3.8, 4) is 0 Å². The van der Waals surface area contributed by atoms with Crippen molar-refractivity contribution in [3.05, 3.63) is 0 Å². The second-order valence-electron chi connectivity index (χ2n) is 4.09. The van der Waals surface area contributed by atoms with E-state index in [9.17, 15) is 4.79 Å². The molecule has 0 amide bonds. The van der Waals surface area contributed by atoms with Gasteiger partial charge >= 0.3 is 5.97 Å². The highest BCUT2D eigenvalue weighted by Crippen LogP contribution is 2.23. The van der Waals surface area contributed by atoms with Crippen LogP contribution in [0.3, 0.4) is 0 Å². The lowest BCUT2D eigenvalue weighted by molar-refractivity contribution is -0.145. The molecule has 0 spiro atoms. The molecule has 1 aliphatic heterocycles. The van der Waals surface area contributed by atoms with E-state index in [1.165, 1.54) is 0 Å². The van der Waals surface area contributed by atoms with Gasteiger partial charge in [0, 0.05) is 6.61 Å². The van der Waals surface area contributed by atoms with Gasteiger partial charge in [-0.15, -0.1) is 0 Å². The van der Waals surface area contributed by atoms with E-state index >= 15 is 0 Å². The molecule has 0 bridgehead atoms. The highest BCUT2D eigenvalue weighted by molar-refractivity contribution is 5.79. The van der Waals surface area contributed by atoms with Crippen molar-refractivity contribution in [1.82, 2.24) is 5.32 Å². The van der Waals surface area contributed by atoms with Crippen molar-refractivity contribution >= 4 is 5.97 Å². The Balaban J connectivity index is 2.40. The van der Waals surface area contributed by atoms with Gasteiger partial charge in [-0.2, -0.15) is 0 Å².